The standard InChI is InChI=1S/2C20H21N3S.CH4/c2*1-13-4-6-14(7-5-13)17-12-22-18-9-8-15(11-16(17)18)23-20(21)19-3-2-10-24-19;/h2*2-3,6,8-13,22H,4-5,7H2,1H3,(H2,21,23);1H4. The molecule has 0 saturated carbocycles. The van der Waals surface area contributed by atoms with Crippen molar-refractivity contribution in [1.82, 2.24) is 9.97 Å². The largest absolute Gasteiger partial charge is 0.383 e. The predicted octanol–water partition coefficient (Wildman–Crippen LogP) is 11.6. The Morgan fingerprint density at radius 2 is 1.12 bits per heavy atom. The van der Waals surface area contributed by atoms with E-state index >= 15 is 0 Å². The van der Waals surface area contributed by atoms with Crippen LogP contribution in [0.5, 0.6) is 0 Å². The van der Waals surface area contributed by atoms with Crippen LogP contribution in [0.25, 0.3) is 33.0 Å². The molecule has 4 heterocycles. The van der Waals surface area contributed by atoms with Gasteiger partial charge in [0.15, 0.2) is 0 Å². The minimum absolute atomic E-state index is 0. The fourth-order valence-corrected chi connectivity index (χ4v) is 7.80. The number of H-pyrrole nitrogens is 2. The maximum Gasteiger partial charge on any atom is 0.141 e. The lowest BCUT2D eigenvalue weighted by atomic mass is 9.87. The first-order chi connectivity index (χ1) is 23.4. The van der Waals surface area contributed by atoms with Gasteiger partial charge in [0.2, 0.25) is 0 Å². The predicted molar refractivity (Wildman–Crippen MR) is 215 cm³/mol. The van der Waals surface area contributed by atoms with E-state index in [9.17, 15) is 0 Å². The number of aliphatic imine (C=N–C) groups is 2. The van der Waals surface area contributed by atoms with Gasteiger partial charge in [0, 0.05) is 45.3 Å². The number of hydrogen-bond donors (Lipinski definition) is 4. The summed E-state index contributed by atoms with van der Waals surface area (Å²) < 4.78 is 0. The van der Waals surface area contributed by atoms with Gasteiger partial charge < -0.3 is 21.4 Å². The normalized spacial score (nSPS) is 18.4. The van der Waals surface area contributed by atoms with Gasteiger partial charge in [-0.25, -0.2) is 9.98 Å². The van der Waals surface area contributed by atoms with E-state index in [-0.39, 0.29) is 7.43 Å². The zero-order valence-corrected chi connectivity index (χ0v) is 29.1. The maximum absolute atomic E-state index is 6.13. The van der Waals surface area contributed by atoms with E-state index in [1.54, 1.807) is 22.7 Å². The summed E-state index contributed by atoms with van der Waals surface area (Å²) in [7, 11) is 0. The number of aromatic nitrogens is 2. The summed E-state index contributed by atoms with van der Waals surface area (Å²) in [5.41, 5.74) is 21.9. The van der Waals surface area contributed by atoms with Crippen molar-refractivity contribution in [3.05, 3.63) is 117 Å². The molecule has 6 nitrogen and oxygen atoms in total. The molecule has 2 aliphatic carbocycles. The molecule has 0 aliphatic heterocycles. The Morgan fingerprint density at radius 1 is 0.673 bits per heavy atom. The number of nitrogens with one attached hydrogen (secondary N) is 2. The SMILES string of the molecule is C.CC1CC=C(c2c[nH]c3ccc(N=C(N)c4cccs4)cc23)CC1.CC1CC=C(c2c[nH]c3ccc(N=C(N)c4cccs4)cc23)CC1. The van der Waals surface area contributed by atoms with Crippen LogP contribution in [0, 0.1) is 11.8 Å². The van der Waals surface area contributed by atoms with Crippen molar-refractivity contribution in [2.24, 2.45) is 33.3 Å². The van der Waals surface area contributed by atoms with Crippen molar-refractivity contribution in [2.45, 2.75) is 59.8 Å². The van der Waals surface area contributed by atoms with Crippen molar-refractivity contribution < 1.29 is 0 Å². The quantitative estimate of drug-likeness (QED) is 0.103. The Hall–Kier alpha value is -4.66. The summed E-state index contributed by atoms with van der Waals surface area (Å²) in [4.78, 5) is 18.0. The van der Waals surface area contributed by atoms with Crippen LogP contribution in [-0.2, 0) is 0 Å². The minimum Gasteiger partial charge on any atom is -0.383 e. The first kappa shape index (κ1) is 34.2. The first-order valence-electron chi connectivity index (χ1n) is 16.8. The monoisotopic (exact) mass is 686 g/mol. The van der Waals surface area contributed by atoms with Crippen molar-refractivity contribution in [2.75, 3.05) is 0 Å². The maximum atomic E-state index is 6.13. The lowest BCUT2D eigenvalue weighted by molar-refractivity contribution is 0.534. The van der Waals surface area contributed by atoms with Crippen LogP contribution in [-0.4, -0.2) is 21.6 Å². The molecule has 2 aliphatic rings. The number of thiophene rings is 2. The van der Waals surface area contributed by atoms with E-state index in [4.69, 9.17) is 11.5 Å². The van der Waals surface area contributed by atoms with Gasteiger partial charge >= 0.3 is 0 Å². The van der Waals surface area contributed by atoms with Crippen LogP contribution in [0.2, 0.25) is 0 Å². The van der Waals surface area contributed by atoms with E-state index in [1.807, 2.05) is 47.2 Å². The van der Waals surface area contributed by atoms with Crippen LogP contribution in [0.3, 0.4) is 0 Å². The van der Waals surface area contributed by atoms with Gasteiger partial charge in [-0.15, -0.1) is 22.7 Å². The number of nitrogens with two attached hydrogens (primary N) is 2. The number of nitrogens with zero attached hydrogens (tertiary/aromatic N) is 2. The molecule has 2 unspecified atom stereocenters. The molecule has 0 amide bonds. The highest BCUT2D eigenvalue weighted by atomic mass is 32.1. The molecular formula is C41H46N6S2. The Bertz CT molecular complexity index is 1990. The van der Waals surface area contributed by atoms with Crippen molar-refractivity contribution >= 4 is 78.7 Å². The van der Waals surface area contributed by atoms with Crippen LogP contribution in [0.15, 0.2) is 106 Å². The van der Waals surface area contributed by atoms with Gasteiger partial charge in [0.05, 0.1) is 21.1 Å². The number of aromatic amines is 2. The molecule has 8 heteroatoms. The number of hydrogen-bond acceptors (Lipinski definition) is 4. The molecular weight excluding hydrogens is 641 g/mol. The second kappa shape index (κ2) is 15.3. The Balaban J connectivity index is 0.000000167. The summed E-state index contributed by atoms with van der Waals surface area (Å²) >= 11 is 3.22. The van der Waals surface area contributed by atoms with Crippen molar-refractivity contribution in [3.8, 4) is 0 Å². The van der Waals surface area contributed by atoms with Gasteiger partial charge in [0.25, 0.3) is 0 Å². The summed E-state index contributed by atoms with van der Waals surface area (Å²) in [6.07, 6.45) is 16.2. The van der Waals surface area contributed by atoms with Gasteiger partial charge in [0.1, 0.15) is 11.7 Å². The van der Waals surface area contributed by atoms with Crippen LogP contribution >= 0.6 is 22.7 Å². The average Bonchev–Trinajstić information content (AvgIpc) is 3.93. The highest BCUT2D eigenvalue weighted by Crippen LogP contribution is 2.36. The molecule has 2 aromatic carbocycles. The minimum atomic E-state index is 0. The highest BCUT2D eigenvalue weighted by molar-refractivity contribution is 7.12. The van der Waals surface area contributed by atoms with Crippen LogP contribution in [0.4, 0.5) is 11.4 Å². The van der Waals surface area contributed by atoms with Crippen molar-refractivity contribution in [3.63, 3.8) is 0 Å². The zero-order valence-electron chi connectivity index (χ0n) is 27.5. The highest BCUT2D eigenvalue weighted by Gasteiger charge is 2.16. The number of fused-ring (bicyclic) bond motifs is 2. The molecule has 252 valence electrons. The first-order valence-corrected chi connectivity index (χ1v) is 18.5. The number of rotatable bonds is 6. The second-order valence-electron chi connectivity index (χ2n) is 13.0. The Morgan fingerprint density at radius 3 is 1.49 bits per heavy atom. The van der Waals surface area contributed by atoms with Gasteiger partial charge in [-0.2, -0.15) is 0 Å². The fourth-order valence-electron chi connectivity index (χ4n) is 6.54. The zero-order chi connectivity index (χ0) is 33.0. The Kier molecular flexibility index (Phi) is 10.7. The Labute approximate surface area is 297 Å². The third-order valence-electron chi connectivity index (χ3n) is 9.42. The summed E-state index contributed by atoms with van der Waals surface area (Å²) in [5.74, 6) is 2.74. The van der Waals surface area contributed by atoms with Crippen LogP contribution in [0.1, 0.15) is 80.7 Å². The topological polar surface area (TPSA) is 108 Å². The molecule has 6 aromatic rings. The second-order valence-corrected chi connectivity index (χ2v) is 14.9. The van der Waals surface area contributed by atoms with E-state index in [0.717, 1.165) is 56.8 Å². The molecule has 6 N–H and O–H groups in total. The summed E-state index contributed by atoms with van der Waals surface area (Å²) in [6.45, 7) is 4.64. The van der Waals surface area contributed by atoms with Gasteiger partial charge in [-0.1, -0.05) is 45.6 Å². The smallest absolute Gasteiger partial charge is 0.141 e. The third-order valence-corrected chi connectivity index (χ3v) is 11.2. The lowest BCUT2D eigenvalue weighted by Gasteiger charge is -2.17. The van der Waals surface area contributed by atoms with Crippen molar-refractivity contribution in [1.29, 1.82) is 0 Å². The molecule has 0 spiro atoms. The van der Waals surface area contributed by atoms with E-state index in [0.29, 0.717) is 11.7 Å². The molecule has 49 heavy (non-hydrogen) atoms. The molecule has 8 rings (SSSR count). The molecule has 4 aromatic heterocycles. The van der Waals surface area contributed by atoms with E-state index in [1.165, 1.54) is 58.7 Å². The number of amidine groups is 2. The molecule has 0 bridgehead atoms. The van der Waals surface area contributed by atoms with Crippen LogP contribution < -0.4 is 11.5 Å². The number of benzene rings is 2. The summed E-state index contributed by atoms with van der Waals surface area (Å²) in [5, 5.41) is 6.50. The summed E-state index contributed by atoms with van der Waals surface area (Å²) in [6, 6.07) is 20.5. The molecule has 0 radical (unpaired) electrons. The van der Waals surface area contributed by atoms with Gasteiger partial charge in [-0.3, -0.25) is 0 Å². The fraction of sp³-hybridized carbons (Fsp3) is 0.268. The molecule has 0 saturated heterocycles. The molecule has 2 atom stereocenters. The lowest BCUT2D eigenvalue weighted by Crippen LogP contribution is -2.10. The van der Waals surface area contributed by atoms with E-state index in [2.05, 4.69) is 82.6 Å². The van der Waals surface area contributed by atoms with E-state index < -0.39 is 0 Å². The van der Waals surface area contributed by atoms with Gasteiger partial charge in [-0.05, 0) is 121 Å². The third kappa shape index (κ3) is 7.82. The molecule has 0 fully saturated rings. The average molecular weight is 687 g/mol. The number of allylic oxidation sites excluding steroid dienone is 4.